The lowest BCUT2D eigenvalue weighted by atomic mass is 10.2. The summed E-state index contributed by atoms with van der Waals surface area (Å²) in [4.78, 5) is 12.2. The highest BCUT2D eigenvalue weighted by atomic mass is 79.9. The third-order valence-electron chi connectivity index (χ3n) is 4.10. The maximum Gasteiger partial charge on any atom is 0.280 e. The Hall–Kier alpha value is -2.54. The molecule has 0 fully saturated rings. The van der Waals surface area contributed by atoms with Gasteiger partial charge in [0.25, 0.3) is 5.91 Å². The molecule has 0 saturated carbocycles. The first-order valence-corrected chi connectivity index (χ1v) is 10.4. The fourth-order valence-electron chi connectivity index (χ4n) is 2.42. The summed E-state index contributed by atoms with van der Waals surface area (Å²) in [6, 6.07) is 12.7. The minimum atomic E-state index is -0.697. The summed E-state index contributed by atoms with van der Waals surface area (Å²) >= 11 is 3.43. The number of carbonyl (C=O) groups excluding carboxylic acids is 1. The zero-order chi connectivity index (χ0) is 21.1. The van der Waals surface area contributed by atoms with Gasteiger partial charge in [-0.15, -0.1) is 0 Å². The smallest absolute Gasteiger partial charge is 0.280 e. The van der Waals surface area contributed by atoms with Crippen molar-refractivity contribution in [1.82, 2.24) is 5.43 Å². The first kappa shape index (κ1) is 22.7. The van der Waals surface area contributed by atoms with Gasteiger partial charge >= 0.3 is 0 Å². The van der Waals surface area contributed by atoms with Gasteiger partial charge in [-0.3, -0.25) is 4.79 Å². The quantitative estimate of drug-likeness (QED) is 0.291. The van der Waals surface area contributed by atoms with Crippen LogP contribution in [-0.2, 0) is 4.79 Å². The van der Waals surface area contributed by atoms with Crippen LogP contribution in [0.4, 0.5) is 0 Å². The van der Waals surface area contributed by atoms with E-state index < -0.39 is 6.10 Å². The monoisotopic (exact) mass is 462 g/mol. The van der Waals surface area contributed by atoms with Crippen molar-refractivity contribution >= 4 is 28.1 Å². The molecule has 0 aromatic heterocycles. The Labute approximate surface area is 180 Å². The maximum absolute atomic E-state index is 12.2. The van der Waals surface area contributed by atoms with E-state index in [1.54, 1.807) is 32.4 Å². The van der Waals surface area contributed by atoms with E-state index in [2.05, 4.69) is 33.4 Å². The molecule has 29 heavy (non-hydrogen) atoms. The lowest BCUT2D eigenvalue weighted by molar-refractivity contribution is -0.127. The van der Waals surface area contributed by atoms with Crippen LogP contribution in [0.1, 0.15) is 38.7 Å². The normalized spacial score (nSPS) is 11.9. The zero-order valence-electron chi connectivity index (χ0n) is 17.0. The van der Waals surface area contributed by atoms with Crippen LogP contribution in [-0.4, -0.2) is 31.9 Å². The zero-order valence-corrected chi connectivity index (χ0v) is 18.6. The molecule has 7 heteroatoms. The van der Waals surface area contributed by atoms with Gasteiger partial charge in [-0.1, -0.05) is 35.7 Å². The van der Waals surface area contributed by atoms with Crippen molar-refractivity contribution in [3.8, 4) is 17.2 Å². The summed E-state index contributed by atoms with van der Waals surface area (Å²) < 4.78 is 17.4. The van der Waals surface area contributed by atoms with E-state index in [1.165, 1.54) is 0 Å². The predicted molar refractivity (Wildman–Crippen MR) is 118 cm³/mol. The fourth-order valence-corrected chi connectivity index (χ4v) is 2.77. The molecule has 1 N–H and O–H groups in total. The second kappa shape index (κ2) is 12.1. The summed E-state index contributed by atoms with van der Waals surface area (Å²) in [6.45, 7) is 4.53. The molecular weight excluding hydrogens is 436 g/mol. The van der Waals surface area contributed by atoms with Gasteiger partial charge in [0.2, 0.25) is 0 Å². The average molecular weight is 463 g/mol. The number of hydrogen-bond acceptors (Lipinski definition) is 5. The van der Waals surface area contributed by atoms with Gasteiger partial charge < -0.3 is 14.2 Å². The number of nitrogens with one attached hydrogen (secondary N) is 1. The van der Waals surface area contributed by atoms with Crippen molar-refractivity contribution in [3.63, 3.8) is 0 Å². The van der Waals surface area contributed by atoms with Crippen molar-refractivity contribution in [2.24, 2.45) is 5.10 Å². The average Bonchev–Trinajstić information content (AvgIpc) is 2.73. The van der Waals surface area contributed by atoms with Gasteiger partial charge in [-0.05, 0) is 55.8 Å². The van der Waals surface area contributed by atoms with E-state index in [-0.39, 0.29) is 5.91 Å². The number of benzene rings is 2. The molecule has 6 nitrogen and oxygen atoms in total. The van der Waals surface area contributed by atoms with Gasteiger partial charge in [0.15, 0.2) is 6.10 Å². The van der Waals surface area contributed by atoms with Gasteiger partial charge in [0.05, 0.1) is 19.9 Å². The molecule has 0 radical (unpaired) electrons. The Morgan fingerprint density at radius 2 is 1.83 bits per heavy atom. The number of amides is 1. The lowest BCUT2D eigenvalue weighted by Gasteiger charge is -2.13. The fraction of sp³-hybridized carbons (Fsp3) is 0.364. The van der Waals surface area contributed by atoms with E-state index in [9.17, 15) is 4.79 Å². The van der Waals surface area contributed by atoms with Crippen LogP contribution in [0.3, 0.4) is 0 Å². The Balaban J connectivity index is 1.82. The highest BCUT2D eigenvalue weighted by Crippen LogP contribution is 2.21. The minimum Gasteiger partial charge on any atom is -0.497 e. The van der Waals surface area contributed by atoms with Crippen LogP contribution >= 0.6 is 15.9 Å². The van der Waals surface area contributed by atoms with Crippen molar-refractivity contribution in [1.29, 1.82) is 0 Å². The lowest BCUT2D eigenvalue weighted by Crippen LogP contribution is -2.33. The Kier molecular flexibility index (Phi) is 9.50. The van der Waals surface area contributed by atoms with E-state index in [0.717, 1.165) is 35.0 Å². The van der Waals surface area contributed by atoms with Gasteiger partial charge in [-0.2, -0.15) is 5.10 Å². The van der Waals surface area contributed by atoms with Crippen LogP contribution in [0, 0.1) is 0 Å². The number of halogens is 1. The van der Waals surface area contributed by atoms with E-state index in [0.29, 0.717) is 18.1 Å². The first-order chi connectivity index (χ1) is 14.0. The summed E-state index contributed by atoms with van der Waals surface area (Å²) in [6.07, 6.45) is 4.21. The number of ether oxygens (including phenoxy) is 3. The van der Waals surface area contributed by atoms with Gasteiger partial charge in [-0.25, -0.2) is 5.43 Å². The minimum absolute atomic E-state index is 0.347. The molecule has 2 rings (SSSR count). The van der Waals surface area contributed by atoms with E-state index in [1.807, 2.05) is 30.3 Å². The van der Waals surface area contributed by atoms with Crippen LogP contribution in [0.25, 0.3) is 0 Å². The molecule has 0 saturated heterocycles. The van der Waals surface area contributed by atoms with Crippen molar-refractivity contribution < 1.29 is 19.0 Å². The van der Waals surface area contributed by atoms with Crippen molar-refractivity contribution in [2.45, 2.75) is 39.2 Å². The summed E-state index contributed by atoms with van der Waals surface area (Å²) in [5.74, 6) is 1.74. The van der Waals surface area contributed by atoms with Gasteiger partial charge in [0, 0.05) is 10.0 Å². The highest BCUT2D eigenvalue weighted by Gasteiger charge is 2.14. The molecule has 0 unspecified atom stereocenters. The topological polar surface area (TPSA) is 69.2 Å². The summed E-state index contributed by atoms with van der Waals surface area (Å²) in [5, 5.41) is 3.99. The van der Waals surface area contributed by atoms with Crippen molar-refractivity contribution in [2.75, 3.05) is 13.7 Å². The molecule has 0 aliphatic heterocycles. The van der Waals surface area contributed by atoms with E-state index >= 15 is 0 Å². The second-order valence-electron chi connectivity index (χ2n) is 6.41. The molecule has 1 amide bonds. The molecule has 156 valence electrons. The van der Waals surface area contributed by atoms with Gasteiger partial charge in [0.1, 0.15) is 17.2 Å². The number of nitrogens with zero attached hydrogens (tertiary/aromatic N) is 1. The first-order valence-electron chi connectivity index (χ1n) is 9.59. The predicted octanol–water partition coefficient (Wildman–Crippen LogP) is 4.94. The number of rotatable bonds is 11. The number of methoxy groups -OCH3 is 1. The Bertz CT molecular complexity index is 809. The largest absolute Gasteiger partial charge is 0.497 e. The van der Waals surface area contributed by atoms with Crippen LogP contribution in [0.5, 0.6) is 17.2 Å². The third kappa shape index (κ3) is 7.77. The second-order valence-corrected chi connectivity index (χ2v) is 7.26. The SMILES string of the molecule is CCCCCOc1ccc(O[C@H](C)C(=O)NN=Cc2cc(OC)ccc2Br)cc1. The molecule has 0 heterocycles. The van der Waals surface area contributed by atoms with Crippen LogP contribution in [0.15, 0.2) is 52.0 Å². The molecule has 0 spiro atoms. The number of hydrazone groups is 1. The number of carbonyl (C=O) groups is 1. The Morgan fingerprint density at radius 1 is 1.14 bits per heavy atom. The highest BCUT2D eigenvalue weighted by molar-refractivity contribution is 9.10. The summed E-state index contributed by atoms with van der Waals surface area (Å²) in [5.41, 5.74) is 3.27. The summed E-state index contributed by atoms with van der Waals surface area (Å²) in [7, 11) is 1.59. The molecular formula is C22H27BrN2O4. The van der Waals surface area contributed by atoms with Crippen LogP contribution < -0.4 is 19.6 Å². The number of hydrogen-bond donors (Lipinski definition) is 1. The molecule has 0 aliphatic carbocycles. The standard InChI is InChI=1S/C22H27BrN2O4/c1-4-5-6-13-28-18-7-9-19(10-8-18)29-16(2)22(26)25-24-15-17-14-20(27-3)11-12-21(17)23/h7-12,14-16H,4-6,13H2,1-3H3,(H,25,26)/t16-/m1/s1. The Morgan fingerprint density at radius 3 is 2.52 bits per heavy atom. The van der Waals surface area contributed by atoms with Crippen molar-refractivity contribution in [3.05, 3.63) is 52.5 Å². The molecule has 1 atom stereocenters. The third-order valence-corrected chi connectivity index (χ3v) is 4.83. The van der Waals surface area contributed by atoms with Crippen LogP contribution in [0.2, 0.25) is 0 Å². The maximum atomic E-state index is 12.2. The molecule has 0 bridgehead atoms. The molecule has 2 aromatic rings. The van der Waals surface area contributed by atoms with E-state index in [4.69, 9.17) is 14.2 Å². The number of unbranched alkanes of at least 4 members (excludes halogenated alkanes) is 2. The molecule has 2 aromatic carbocycles. The molecule has 0 aliphatic rings.